The normalized spacial score (nSPS) is 23.8. The Bertz CT molecular complexity index is 396. The molecule has 1 unspecified atom stereocenters. The smallest absolute Gasteiger partial charge is 0.118 e. The van der Waals surface area contributed by atoms with Crippen molar-refractivity contribution in [1.82, 2.24) is 5.32 Å². The van der Waals surface area contributed by atoms with Crippen LogP contribution in [0.15, 0.2) is 24.3 Å². The van der Waals surface area contributed by atoms with Gasteiger partial charge in [-0.25, -0.2) is 0 Å². The molecule has 0 bridgehead atoms. The summed E-state index contributed by atoms with van der Waals surface area (Å²) in [7, 11) is 1.65. The molecule has 0 spiro atoms. The standard InChI is InChI=1S/C18H29NO2/c1-3-14-4-6-15(7-5-14)12-19-13-18(20)16-8-10-17(21-2)11-9-16/h8-11,14-15,18-20H,3-7,12-13H2,1-2H3. The quantitative estimate of drug-likeness (QED) is 0.807. The summed E-state index contributed by atoms with van der Waals surface area (Å²) in [6.45, 7) is 3.96. The van der Waals surface area contributed by atoms with Crippen molar-refractivity contribution in [3.05, 3.63) is 29.8 Å². The number of ether oxygens (including phenoxy) is 1. The van der Waals surface area contributed by atoms with Crippen molar-refractivity contribution in [2.45, 2.75) is 45.1 Å². The van der Waals surface area contributed by atoms with E-state index >= 15 is 0 Å². The highest BCUT2D eigenvalue weighted by atomic mass is 16.5. The van der Waals surface area contributed by atoms with E-state index in [0.29, 0.717) is 6.54 Å². The first-order valence-corrected chi connectivity index (χ1v) is 8.25. The average molecular weight is 291 g/mol. The number of methoxy groups -OCH3 is 1. The van der Waals surface area contributed by atoms with Gasteiger partial charge in [0.2, 0.25) is 0 Å². The van der Waals surface area contributed by atoms with Crippen molar-refractivity contribution >= 4 is 0 Å². The Labute approximate surface area is 128 Å². The molecule has 0 aromatic heterocycles. The second-order valence-corrected chi connectivity index (χ2v) is 6.24. The van der Waals surface area contributed by atoms with Gasteiger partial charge in [0.15, 0.2) is 0 Å². The van der Waals surface area contributed by atoms with Crippen LogP contribution in [0.3, 0.4) is 0 Å². The summed E-state index contributed by atoms with van der Waals surface area (Å²) >= 11 is 0. The van der Waals surface area contributed by atoms with Gasteiger partial charge < -0.3 is 15.2 Å². The Morgan fingerprint density at radius 3 is 2.33 bits per heavy atom. The summed E-state index contributed by atoms with van der Waals surface area (Å²) in [5.74, 6) is 2.56. The maximum absolute atomic E-state index is 10.2. The van der Waals surface area contributed by atoms with Crippen molar-refractivity contribution in [3.8, 4) is 5.75 Å². The van der Waals surface area contributed by atoms with Crippen molar-refractivity contribution in [2.24, 2.45) is 11.8 Å². The predicted molar refractivity (Wildman–Crippen MR) is 86.6 cm³/mol. The van der Waals surface area contributed by atoms with E-state index in [9.17, 15) is 5.11 Å². The number of benzene rings is 1. The number of hydrogen-bond acceptors (Lipinski definition) is 3. The van der Waals surface area contributed by atoms with Gasteiger partial charge in [-0.1, -0.05) is 38.3 Å². The van der Waals surface area contributed by atoms with Crippen molar-refractivity contribution < 1.29 is 9.84 Å². The van der Waals surface area contributed by atoms with Crippen LogP contribution in [0, 0.1) is 11.8 Å². The second kappa shape index (κ2) is 8.40. The molecule has 1 fully saturated rings. The van der Waals surface area contributed by atoms with Gasteiger partial charge in [-0.05, 0) is 48.9 Å². The Hall–Kier alpha value is -1.06. The van der Waals surface area contributed by atoms with Crippen LogP contribution >= 0.6 is 0 Å². The van der Waals surface area contributed by atoms with E-state index < -0.39 is 6.10 Å². The average Bonchev–Trinajstić information content (AvgIpc) is 2.55. The van der Waals surface area contributed by atoms with E-state index in [-0.39, 0.29) is 0 Å². The molecule has 1 aromatic rings. The molecule has 3 nitrogen and oxygen atoms in total. The molecule has 0 saturated heterocycles. The molecule has 1 atom stereocenters. The van der Waals surface area contributed by atoms with Gasteiger partial charge in [-0.3, -0.25) is 0 Å². The molecule has 1 aliphatic carbocycles. The summed E-state index contributed by atoms with van der Waals surface area (Å²) in [4.78, 5) is 0. The Morgan fingerprint density at radius 1 is 1.14 bits per heavy atom. The highest BCUT2D eigenvalue weighted by molar-refractivity contribution is 5.28. The van der Waals surface area contributed by atoms with Crippen LogP contribution in [-0.2, 0) is 0 Å². The van der Waals surface area contributed by atoms with E-state index in [2.05, 4.69) is 12.2 Å². The van der Waals surface area contributed by atoms with Crippen LogP contribution in [0.25, 0.3) is 0 Å². The predicted octanol–water partition coefficient (Wildman–Crippen LogP) is 3.53. The van der Waals surface area contributed by atoms with Gasteiger partial charge in [-0.15, -0.1) is 0 Å². The Balaban J connectivity index is 1.68. The lowest BCUT2D eigenvalue weighted by Crippen LogP contribution is -2.29. The zero-order valence-electron chi connectivity index (χ0n) is 13.3. The summed E-state index contributed by atoms with van der Waals surface area (Å²) in [5, 5.41) is 13.6. The molecule has 0 radical (unpaired) electrons. The largest absolute Gasteiger partial charge is 0.497 e. The monoisotopic (exact) mass is 291 g/mol. The molecule has 0 aliphatic heterocycles. The highest BCUT2D eigenvalue weighted by Gasteiger charge is 2.19. The van der Waals surface area contributed by atoms with Crippen LogP contribution in [0.2, 0.25) is 0 Å². The zero-order valence-corrected chi connectivity index (χ0v) is 13.3. The van der Waals surface area contributed by atoms with Crippen LogP contribution < -0.4 is 10.1 Å². The van der Waals surface area contributed by atoms with Crippen molar-refractivity contribution in [3.63, 3.8) is 0 Å². The molecule has 3 heteroatoms. The van der Waals surface area contributed by atoms with Gasteiger partial charge in [0, 0.05) is 6.54 Å². The topological polar surface area (TPSA) is 41.5 Å². The summed E-state index contributed by atoms with van der Waals surface area (Å²) < 4.78 is 5.13. The molecule has 1 aliphatic rings. The highest BCUT2D eigenvalue weighted by Crippen LogP contribution is 2.30. The molecule has 2 N–H and O–H groups in total. The first-order valence-electron chi connectivity index (χ1n) is 8.25. The van der Waals surface area contributed by atoms with E-state index in [1.165, 1.54) is 32.1 Å². The molecule has 1 aromatic carbocycles. The molecule has 0 amide bonds. The number of hydrogen-bond donors (Lipinski definition) is 2. The molecule has 1 saturated carbocycles. The van der Waals surface area contributed by atoms with Crippen LogP contribution in [0.4, 0.5) is 0 Å². The van der Waals surface area contributed by atoms with E-state index in [1.807, 2.05) is 24.3 Å². The summed E-state index contributed by atoms with van der Waals surface area (Å²) in [6, 6.07) is 7.64. The lowest BCUT2D eigenvalue weighted by atomic mass is 9.81. The molecular weight excluding hydrogens is 262 g/mol. The number of aliphatic hydroxyl groups is 1. The van der Waals surface area contributed by atoms with Crippen LogP contribution in [-0.4, -0.2) is 25.3 Å². The minimum absolute atomic E-state index is 0.442. The minimum atomic E-state index is -0.442. The van der Waals surface area contributed by atoms with Gasteiger partial charge in [0.25, 0.3) is 0 Å². The maximum atomic E-state index is 10.2. The minimum Gasteiger partial charge on any atom is -0.497 e. The molecule has 2 rings (SSSR count). The molecule has 21 heavy (non-hydrogen) atoms. The summed E-state index contributed by atoms with van der Waals surface area (Å²) in [5.41, 5.74) is 0.943. The molecule has 118 valence electrons. The maximum Gasteiger partial charge on any atom is 0.118 e. The fraction of sp³-hybridized carbons (Fsp3) is 0.667. The third kappa shape index (κ3) is 5.01. The lowest BCUT2D eigenvalue weighted by molar-refractivity contribution is 0.168. The van der Waals surface area contributed by atoms with Gasteiger partial charge in [0.1, 0.15) is 5.75 Å². The number of aliphatic hydroxyl groups excluding tert-OH is 1. The fourth-order valence-corrected chi connectivity index (χ4v) is 3.21. The van der Waals surface area contributed by atoms with E-state index in [4.69, 9.17) is 4.74 Å². The number of nitrogens with one attached hydrogen (secondary N) is 1. The van der Waals surface area contributed by atoms with Crippen LogP contribution in [0.1, 0.15) is 50.7 Å². The first-order chi connectivity index (χ1) is 10.2. The van der Waals surface area contributed by atoms with E-state index in [1.54, 1.807) is 7.11 Å². The zero-order chi connectivity index (χ0) is 15.1. The Kier molecular flexibility index (Phi) is 6.52. The first kappa shape index (κ1) is 16.3. The van der Waals surface area contributed by atoms with Crippen molar-refractivity contribution in [2.75, 3.05) is 20.2 Å². The van der Waals surface area contributed by atoms with Gasteiger partial charge >= 0.3 is 0 Å². The summed E-state index contributed by atoms with van der Waals surface area (Å²) in [6.07, 6.45) is 6.32. The third-order valence-electron chi connectivity index (χ3n) is 4.81. The molecular formula is C18H29NO2. The molecule has 0 heterocycles. The van der Waals surface area contributed by atoms with Gasteiger partial charge in [0.05, 0.1) is 13.2 Å². The van der Waals surface area contributed by atoms with Crippen LogP contribution in [0.5, 0.6) is 5.75 Å². The lowest BCUT2D eigenvalue weighted by Gasteiger charge is -2.28. The van der Waals surface area contributed by atoms with Crippen molar-refractivity contribution in [1.29, 1.82) is 0 Å². The second-order valence-electron chi connectivity index (χ2n) is 6.24. The van der Waals surface area contributed by atoms with Gasteiger partial charge in [-0.2, -0.15) is 0 Å². The fourth-order valence-electron chi connectivity index (χ4n) is 3.21. The van der Waals surface area contributed by atoms with E-state index in [0.717, 1.165) is 29.7 Å². The SMILES string of the molecule is CCC1CCC(CNCC(O)c2ccc(OC)cc2)CC1. The number of rotatable bonds is 7. The Morgan fingerprint density at radius 2 is 1.76 bits per heavy atom. The third-order valence-corrected chi connectivity index (χ3v) is 4.81.